The van der Waals surface area contributed by atoms with E-state index < -0.39 is 15.3 Å². The average Bonchev–Trinajstić information content (AvgIpc) is 1.94. The molecule has 13 heavy (non-hydrogen) atoms. The van der Waals surface area contributed by atoms with Gasteiger partial charge in [0.25, 0.3) is 0 Å². The average molecular weight is 201 g/mol. The molecule has 1 rings (SSSR count). The summed E-state index contributed by atoms with van der Waals surface area (Å²) < 4.78 is 21.6. The lowest BCUT2D eigenvalue weighted by molar-refractivity contribution is -0.129. The fraction of sp³-hybridized carbons (Fsp3) is 0.750. The maximum Gasteiger partial charge on any atom is 0.147 e. The summed E-state index contributed by atoms with van der Waals surface area (Å²) in [6.07, 6.45) is 1.87. The molecule has 0 aliphatic heterocycles. The minimum absolute atomic E-state index is 0.00611. The summed E-state index contributed by atoms with van der Waals surface area (Å²) in [6, 6.07) is 2.03. The molecule has 0 unspecified atom stereocenters. The van der Waals surface area contributed by atoms with Crippen molar-refractivity contribution in [2.45, 2.75) is 19.3 Å². The van der Waals surface area contributed by atoms with Crippen molar-refractivity contribution in [2.24, 2.45) is 5.41 Å². The first-order valence-electron chi connectivity index (χ1n) is 3.98. The van der Waals surface area contributed by atoms with Crippen molar-refractivity contribution < 1.29 is 13.2 Å². The van der Waals surface area contributed by atoms with Crippen LogP contribution >= 0.6 is 0 Å². The molecule has 0 heterocycles. The first-order chi connectivity index (χ1) is 5.87. The molecule has 0 aromatic carbocycles. The van der Waals surface area contributed by atoms with Crippen molar-refractivity contribution >= 4 is 15.6 Å². The Morgan fingerprint density at radius 3 is 2.38 bits per heavy atom. The highest BCUT2D eigenvalue weighted by atomic mass is 32.2. The second-order valence-corrected chi connectivity index (χ2v) is 5.92. The van der Waals surface area contributed by atoms with Gasteiger partial charge in [-0.05, 0) is 6.42 Å². The zero-order valence-corrected chi connectivity index (χ0v) is 8.23. The number of carbonyl (C=O) groups excluding carboxylic acids is 1. The molecule has 0 amide bonds. The van der Waals surface area contributed by atoms with Gasteiger partial charge in [-0.3, -0.25) is 4.79 Å². The molecule has 0 atom stereocenters. The molecule has 0 aromatic heterocycles. The number of nitriles is 1. The number of rotatable bonds is 3. The molecule has 1 aliphatic carbocycles. The van der Waals surface area contributed by atoms with Crippen LogP contribution in [0.3, 0.4) is 0 Å². The van der Waals surface area contributed by atoms with Crippen molar-refractivity contribution in [3.05, 3.63) is 0 Å². The van der Waals surface area contributed by atoms with Gasteiger partial charge in [-0.25, -0.2) is 8.42 Å². The van der Waals surface area contributed by atoms with E-state index in [0.717, 1.165) is 6.26 Å². The van der Waals surface area contributed by atoms with Gasteiger partial charge < -0.3 is 0 Å². The van der Waals surface area contributed by atoms with E-state index in [-0.39, 0.29) is 30.8 Å². The Hall–Kier alpha value is -0.890. The van der Waals surface area contributed by atoms with E-state index in [1.165, 1.54) is 0 Å². The summed E-state index contributed by atoms with van der Waals surface area (Å²) in [7, 11) is -3.02. The Morgan fingerprint density at radius 1 is 1.54 bits per heavy atom. The zero-order valence-electron chi connectivity index (χ0n) is 7.41. The molecule has 0 N–H and O–H groups in total. The molecule has 1 fully saturated rings. The third-order valence-electron chi connectivity index (χ3n) is 2.26. The molecule has 0 saturated heterocycles. The van der Waals surface area contributed by atoms with Crippen LogP contribution in [-0.2, 0) is 14.6 Å². The highest BCUT2D eigenvalue weighted by molar-refractivity contribution is 7.90. The van der Waals surface area contributed by atoms with E-state index in [0.29, 0.717) is 0 Å². The van der Waals surface area contributed by atoms with Crippen molar-refractivity contribution in [2.75, 3.05) is 12.0 Å². The van der Waals surface area contributed by atoms with Crippen LogP contribution in [-0.4, -0.2) is 26.2 Å². The second kappa shape index (κ2) is 3.11. The van der Waals surface area contributed by atoms with Gasteiger partial charge in [0, 0.05) is 19.1 Å². The minimum Gasteiger partial charge on any atom is -0.300 e. The molecule has 0 aromatic rings. The topological polar surface area (TPSA) is 75.0 Å². The number of carbonyl (C=O) groups is 1. The van der Waals surface area contributed by atoms with Crippen LogP contribution in [0.4, 0.5) is 0 Å². The summed E-state index contributed by atoms with van der Waals surface area (Å²) in [5.74, 6) is 0.0449. The largest absolute Gasteiger partial charge is 0.300 e. The molecule has 1 saturated carbocycles. The number of hydrogen-bond donors (Lipinski definition) is 0. The van der Waals surface area contributed by atoms with Crippen LogP contribution in [0.25, 0.3) is 0 Å². The van der Waals surface area contributed by atoms with Gasteiger partial charge in [0.05, 0.1) is 17.2 Å². The molecule has 1 aliphatic rings. The normalized spacial score (nSPS) is 20.5. The number of Topliss-reactive ketones (excluding diaryl/α,β-unsaturated/α-hetero) is 1. The summed E-state index contributed by atoms with van der Waals surface area (Å²) in [5.41, 5.74) is -0.680. The van der Waals surface area contributed by atoms with Gasteiger partial charge in [-0.2, -0.15) is 5.26 Å². The van der Waals surface area contributed by atoms with Crippen LogP contribution in [0.1, 0.15) is 19.3 Å². The zero-order chi connectivity index (χ0) is 10.1. The maximum absolute atomic E-state index is 10.8. The Labute approximate surface area is 77.5 Å². The van der Waals surface area contributed by atoms with E-state index in [1.807, 2.05) is 6.07 Å². The smallest absolute Gasteiger partial charge is 0.147 e. The Balaban J connectivity index is 2.54. The van der Waals surface area contributed by atoms with Gasteiger partial charge in [0.15, 0.2) is 0 Å². The summed E-state index contributed by atoms with van der Waals surface area (Å²) in [4.78, 5) is 10.7. The standard InChI is InChI=1S/C8H11NO3S/c1-13(11,12)3-2-8(6-9)4-7(10)5-8/h2-5H2,1H3. The second-order valence-electron chi connectivity index (χ2n) is 3.66. The lowest BCUT2D eigenvalue weighted by Crippen LogP contribution is -2.37. The monoisotopic (exact) mass is 201 g/mol. The first kappa shape index (κ1) is 10.2. The molecule has 72 valence electrons. The number of hydrogen-bond acceptors (Lipinski definition) is 4. The van der Waals surface area contributed by atoms with Gasteiger partial charge >= 0.3 is 0 Å². The van der Waals surface area contributed by atoms with Crippen molar-refractivity contribution in [1.29, 1.82) is 5.26 Å². The lowest BCUT2D eigenvalue weighted by Gasteiger charge is -2.33. The van der Waals surface area contributed by atoms with Crippen LogP contribution in [0.15, 0.2) is 0 Å². The van der Waals surface area contributed by atoms with Gasteiger partial charge in [-0.1, -0.05) is 0 Å². The number of sulfone groups is 1. The van der Waals surface area contributed by atoms with E-state index in [4.69, 9.17) is 5.26 Å². The van der Waals surface area contributed by atoms with E-state index in [2.05, 4.69) is 0 Å². The molecule has 0 bridgehead atoms. The summed E-state index contributed by atoms with van der Waals surface area (Å²) in [6.45, 7) is 0. The predicted octanol–water partition coefficient (Wildman–Crippen LogP) is 0.294. The number of ketones is 1. The molecular formula is C8H11NO3S. The fourth-order valence-electron chi connectivity index (χ4n) is 1.40. The van der Waals surface area contributed by atoms with Crippen molar-refractivity contribution in [3.8, 4) is 6.07 Å². The Morgan fingerprint density at radius 2 is 2.08 bits per heavy atom. The highest BCUT2D eigenvalue weighted by Crippen LogP contribution is 2.40. The molecule has 0 radical (unpaired) electrons. The van der Waals surface area contributed by atoms with Crippen molar-refractivity contribution in [1.82, 2.24) is 0 Å². The number of nitrogens with zero attached hydrogens (tertiary/aromatic N) is 1. The van der Waals surface area contributed by atoms with Gasteiger partial charge in [0.2, 0.25) is 0 Å². The minimum atomic E-state index is -3.02. The molecule has 0 spiro atoms. The maximum atomic E-state index is 10.8. The highest BCUT2D eigenvalue weighted by Gasteiger charge is 2.43. The van der Waals surface area contributed by atoms with Crippen molar-refractivity contribution in [3.63, 3.8) is 0 Å². The van der Waals surface area contributed by atoms with E-state index in [1.54, 1.807) is 0 Å². The van der Waals surface area contributed by atoms with Gasteiger partial charge in [0.1, 0.15) is 15.6 Å². The van der Waals surface area contributed by atoms with Crippen LogP contribution < -0.4 is 0 Å². The third-order valence-corrected chi connectivity index (χ3v) is 3.21. The first-order valence-corrected chi connectivity index (χ1v) is 6.04. The lowest BCUT2D eigenvalue weighted by atomic mass is 9.67. The summed E-state index contributed by atoms with van der Waals surface area (Å²) >= 11 is 0. The van der Waals surface area contributed by atoms with Crippen LogP contribution in [0, 0.1) is 16.7 Å². The van der Waals surface area contributed by atoms with E-state index >= 15 is 0 Å². The molecular weight excluding hydrogens is 190 g/mol. The fourth-order valence-corrected chi connectivity index (χ4v) is 2.16. The van der Waals surface area contributed by atoms with Crippen LogP contribution in [0.2, 0.25) is 0 Å². The third kappa shape index (κ3) is 2.52. The van der Waals surface area contributed by atoms with E-state index in [9.17, 15) is 13.2 Å². The Kier molecular flexibility index (Phi) is 2.44. The Bertz CT molecular complexity index is 355. The predicted molar refractivity (Wildman–Crippen MR) is 46.6 cm³/mol. The quantitative estimate of drug-likeness (QED) is 0.658. The molecule has 4 nitrogen and oxygen atoms in total. The van der Waals surface area contributed by atoms with Crippen LogP contribution in [0.5, 0.6) is 0 Å². The van der Waals surface area contributed by atoms with Gasteiger partial charge in [-0.15, -0.1) is 0 Å². The molecule has 5 heteroatoms. The SMILES string of the molecule is CS(=O)(=O)CCC1(C#N)CC(=O)C1. The summed E-state index contributed by atoms with van der Waals surface area (Å²) in [5, 5.41) is 8.75.